The zero-order valence-electron chi connectivity index (χ0n) is 18.3. The van der Waals surface area contributed by atoms with Crippen LogP contribution in [0.15, 0.2) is 48.5 Å². The third-order valence-corrected chi connectivity index (χ3v) is 9.27. The smallest absolute Gasteiger partial charge is 0.235 e. The van der Waals surface area contributed by atoms with E-state index in [2.05, 4.69) is 26.8 Å². The summed E-state index contributed by atoms with van der Waals surface area (Å²) in [6.07, 6.45) is 8.08. The van der Waals surface area contributed by atoms with E-state index in [1.807, 2.05) is 36.4 Å². The third kappa shape index (κ3) is 3.38. The number of hydrogen-bond acceptors (Lipinski definition) is 5. The second-order valence-corrected chi connectivity index (χ2v) is 11.6. The van der Waals surface area contributed by atoms with E-state index in [1.165, 1.54) is 38.5 Å². The van der Waals surface area contributed by atoms with Crippen LogP contribution in [0, 0.1) is 17.8 Å². The highest BCUT2D eigenvalue weighted by molar-refractivity contribution is 7.19. The summed E-state index contributed by atoms with van der Waals surface area (Å²) in [6.45, 7) is 0.449. The molecule has 2 aromatic carbocycles. The lowest BCUT2D eigenvalue weighted by atomic mass is 9.49. The Kier molecular flexibility index (Phi) is 4.56. The molecule has 2 heterocycles. The van der Waals surface area contributed by atoms with Crippen molar-refractivity contribution in [2.24, 2.45) is 17.8 Å². The van der Waals surface area contributed by atoms with E-state index >= 15 is 0 Å². The summed E-state index contributed by atoms with van der Waals surface area (Å²) < 4.78 is 7.99. The Balaban J connectivity index is 1.14. The molecule has 4 aliphatic rings. The largest absolute Gasteiger partial charge is 0.489 e. The molecule has 4 aromatic rings. The third-order valence-electron chi connectivity index (χ3n) is 7.96. The zero-order chi connectivity index (χ0) is 22.0. The first-order chi connectivity index (χ1) is 16.1. The van der Waals surface area contributed by atoms with Gasteiger partial charge in [-0.05, 0) is 86.6 Å². The Labute approximate surface area is 201 Å². The van der Waals surface area contributed by atoms with Crippen LogP contribution in [0.1, 0.15) is 49.9 Å². The highest BCUT2D eigenvalue weighted by Crippen LogP contribution is 2.60. The van der Waals surface area contributed by atoms with Gasteiger partial charge < -0.3 is 4.74 Å². The van der Waals surface area contributed by atoms with Crippen LogP contribution in [-0.4, -0.2) is 19.8 Å². The van der Waals surface area contributed by atoms with Crippen LogP contribution < -0.4 is 4.74 Å². The molecule has 4 bridgehead atoms. The maximum Gasteiger partial charge on any atom is 0.235 e. The number of hydrogen-bond donors (Lipinski definition) is 0. The van der Waals surface area contributed by atoms with Gasteiger partial charge in [-0.25, -0.2) is 0 Å². The Bertz CT molecular complexity index is 1290. The molecular weight excluding hydrogens is 452 g/mol. The molecule has 4 saturated carbocycles. The average molecular weight is 477 g/mol. The van der Waals surface area contributed by atoms with Crippen LogP contribution in [0.3, 0.4) is 0 Å². The number of nitrogens with zero attached hydrogens (tertiary/aromatic N) is 4. The van der Waals surface area contributed by atoms with Crippen LogP contribution in [-0.2, 0) is 12.0 Å². The quantitative estimate of drug-likeness (QED) is 0.327. The van der Waals surface area contributed by atoms with Crippen molar-refractivity contribution >= 4 is 27.9 Å². The van der Waals surface area contributed by atoms with Crippen molar-refractivity contribution in [1.29, 1.82) is 0 Å². The van der Waals surface area contributed by atoms with E-state index in [4.69, 9.17) is 21.4 Å². The van der Waals surface area contributed by atoms with Gasteiger partial charge in [-0.15, -0.1) is 10.2 Å². The Morgan fingerprint density at radius 1 is 0.939 bits per heavy atom. The van der Waals surface area contributed by atoms with Gasteiger partial charge in [0, 0.05) is 21.6 Å². The van der Waals surface area contributed by atoms with Gasteiger partial charge in [0.05, 0.1) is 0 Å². The summed E-state index contributed by atoms with van der Waals surface area (Å²) in [6, 6.07) is 15.9. The lowest BCUT2D eigenvalue weighted by Crippen LogP contribution is -2.49. The normalized spacial score (nSPS) is 28.0. The highest BCUT2D eigenvalue weighted by Gasteiger charge is 2.54. The fraction of sp³-hybridized carbons (Fsp3) is 0.423. The molecule has 0 N–H and O–H groups in total. The molecule has 4 fully saturated rings. The van der Waals surface area contributed by atoms with Crippen molar-refractivity contribution in [2.45, 2.75) is 50.5 Å². The fourth-order valence-corrected chi connectivity index (χ4v) is 7.95. The van der Waals surface area contributed by atoms with Crippen LogP contribution in [0.25, 0.3) is 15.5 Å². The van der Waals surface area contributed by atoms with Gasteiger partial charge in [0.15, 0.2) is 5.82 Å². The monoisotopic (exact) mass is 476 g/mol. The second kappa shape index (κ2) is 7.54. The minimum absolute atomic E-state index is 0.190. The van der Waals surface area contributed by atoms with E-state index in [0.29, 0.717) is 6.61 Å². The first kappa shape index (κ1) is 20.0. The predicted molar refractivity (Wildman–Crippen MR) is 130 cm³/mol. The van der Waals surface area contributed by atoms with Gasteiger partial charge in [0.2, 0.25) is 4.96 Å². The van der Waals surface area contributed by atoms with Gasteiger partial charge in [-0.2, -0.15) is 9.61 Å². The molecule has 168 valence electrons. The molecule has 0 amide bonds. The molecule has 5 nitrogen and oxygen atoms in total. The van der Waals surface area contributed by atoms with Crippen LogP contribution >= 0.6 is 22.9 Å². The summed E-state index contributed by atoms with van der Waals surface area (Å²) in [5, 5.41) is 15.9. The number of rotatable bonds is 5. The lowest BCUT2D eigenvalue weighted by molar-refractivity contribution is -0.0103. The number of aromatic nitrogens is 4. The number of halogens is 1. The maximum atomic E-state index is 6.23. The second-order valence-electron chi connectivity index (χ2n) is 10.2. The van der Waals surface area contributed by atoms with E-state index < -0.39 is 0 Å². The van der Waals surface area contributed by atoms with Crippen molar-refractivity contribution in [2.75, 3.05) is 0 Å². The molecule has 0 spiro atoms. The minimum atomic E-state index is 0.190. The fourth-order valence-electron chi connectivity index (χ4n) is 6.92. The summed E-state index contributed by atoms with van der Waals surface area (Å²) in [5.74, 6) is 4.55. The highest BCUT2D eigenvalue weighted by atomic mass is 35.5. The van der Waals surface area contributed by atoms with Crippen molar-refractivity contribution in [3.63, 3.8) is 0 Å². The topological polar surface area (TPSA) is 52.3 Å². The molecule has 33 heavy (non-hydrogen) atoms. The average Bonchev–Trinajstić information content (AvgIpc) is 3.39. The molecule has 4 aliphatic carbocycles. The molecule has 2 aromatic heterocycles. The molecule has 0 aliphatic heterocycles. The van der Waals surface area contributed by atoms with Crippen LogP contribution in [0.4, 0.5) is 0 Å². The molecule has 0 radical (unpaired) electrons. The summed E-state index contributed by atoms with van der Waals surface area (Å²) in [7, 11) is 0. The van der Waals surface area contributed by atoms with E-state index in [0.717, 1.165) is 55.4 Å². The number of benzene rings is 2. The SMILES string of the molecule is Clc1ccccc1COc1ccc(-c2nn3c(C45CC6CC(CC(C6)C4)C5)nnc3s2)cc1. The molecule has 7 heteroatoms. The number of fused-ring (bicyclic) bond motifs is 1. The van der Waals surface area contributed by atoms with E-state index in [1.54, 1.807) is 11.3 Å². The minimum Gasteiger partial charge on any atom is -0.489 e. The molecule has 0 atom stereocenters. The molecule has 0 saturated heterocycles. The van der Waals surface area contributed by atoms with Crippen LogP contribution in [0.5, 0.6) is 5.75 Å². The standard InChI is InChI=1S/C26H25ClN4OS/c27-22-4-2-1-3-20(22)15-32-21-7-5-19(6-8-21)23-30-31-24(28-29-25(31)33-23)26-12-16-9-17(13-26)11-18(10-16)14-26/h1-8,16-18H,9-15H2. The Hall–Kier alpha value is -2.44. The first-order valence-corrected chi connectivity index (χ1v) is 13.0. The van der Waals surface area contributed by atoms with E-state index in [9.17, 15) is 0 Å². The zero-order valence-corrected chi connectivity index (χ0v) is 19.9. The first-order valence-electron chi connectivity index (χ1n) is 11.8. The summed E-state index contributed by atoms with van der Waals surface area (Å²) >= 11 is 7.85. The van der Waals surface area contributed by atoms with Gasteiger partial charge in [0.25, 0.3) is 0 Å². The summed E-state index contributed by atoms with van der Waals surface area (Å²) in [5.41, 5.74) is 2.25. The molecule has 0 unspecified atom stereocenters. The van der Waals surface area contributed by atoms with Gasteiger partial charge in [0.1, 0.15) is 17.4 Å². The van der Waals surface area contributed by atoms with Crippen molar-refractivity contribution in [3.8, 4) is 16.3 Å². The van der Waals surface area contributed by atoms with Crippen molar-refractivity contribution in [1.82, 2.24) is 19.8 Å². The van der Waals surface area contributed by atoms with Crippen LogP contribution in [0.2, 0.25) is 5.02 Å². The Morgan fingerprint density at radius 2 is 1.64 bits per heavy atom. The van der Waals surface area contributed by atoms with Crippen molar-refractivity contribution in [3.05, 3.63) is 64.9 Å². The van der Waals surface area contributed by atoms with Crippen molar-refractivity contribution < 1.29 is 4.74 Å². The van der Waals surface area contributed by atoms with Gasteiger partial charge in [-0.3, -0.25) is 0 Å². The maximum absolute atomic E-state index is 6.23. The van der Waals surface area contributed by atoms with E-state index in [-0.39, 0.29) is 5.41 Å². The van der Waals surface area contributed by atoms with Gasteiger partial charge in [-0.1, -0.05) is 41.1 Å². The number of ether oxygens (including phenoxy) is 1. The lowest BCUT2D eigenvalue weighted by Gasteiger charge is -2.55. The summed E-state index contributed by atoms with van der Waals surface area (Å²) in [4.78, 5) is 0.898. The Morgan fingerprint density at radius 3 is 2.33 bits per heavy atom. The molecular formula is C26H25ClN4OS. The predicted octanol–water partition coefficient (Wildman–Crippen LogP) is 6.55. The van der Waals surface area contributed by atoms with Gasteiger partial charge >= 0.3 is 0 Å². The molecule has 8 rings (SSSR count).